The van der Waals surface area contributed by atoms with Crippen LogP contribution in [-0.4, -0.2) is 47.4 Å². The Morgan fingerprint density at radius 1 is 1.07 bits per heavy atom. The van der Waals surface area contributed by atoms with Crippen molar-refractivity contribution >= 4 is 10.9 Å². The molecule has 0 bridgehead atoms. The number of hydrazine groups is 1. The van der Waals surface area contributed by atoms with E-state index in [1.807, 2.05) is 30.5 Å². The summed E-state index contributed by atoms with van der Waals surface area (Å²) in [6.45, 7) is 2.83. The molecule has 1 saturated heterocycles. The van der Waals surface area contributed by atoms with Gasteiger partial charge < -0.3 is 14.8 Å². The zero-order chi connectivity index (χ0) is 19.2. The van der Waals surface area contributed by atoms with Gasteiger partial charge in [-0.1, -0.05) is 36.4 Å². The van der Waals surface area contributed by atoms with Gasteiger partial charge in [-0.3, -0.25) is 5.43 Å². The number of hydrogen-bond acceptors (Lipinski definition) is 4. The van der Waals surface area contributed by atoms with Crippen LogP contribution in [0.3, 0.4) is 0 Å². The average Bonchev–Trinajstić information content (AvgIpc) is 3.22. The van der Waals surface area contributed by atoms with Crippen LogP contribution in [0.25, 0.3) is 10.9 Å². The molecule has 2 aromatic carbocycles. The van der Waals surface area contributed by atoms with Crippen molar-refractivity contribution in [1.29, 1.82) is 0 Å². The van der Waals surface area contributed by atoms with Crippen molar-refractivity contribution in [2.24, 2.45) is 5.92 Å². The van der Waals surface area contributed by atoms with Crippen molar-refractivity contribution in [3.8, 4) is 5.75 Å². The number of ether oxygens (including phenoxy) is 1. The van der Waals surface area contributed by atoms with Crippen LogP contribution < -0.4 is 10.2 Å². The summed E-state index contributed by atoms with van der Waals surface area (Å²) in [7, 11) is 0. The van der Waals surface area contributed by atoms with E-state index in [-0.39, 0.29) is 6.61 Å². The van der Waals surface area contributed by atoms with E-state index in [4.69, 9.17) is 4.74 Å². The zero-order valence-electron chi connectivity index (χ0n) is 16.2. The van der Waals surface area contributed by atoms with E-state index in [0.29, 0.717) is 6.54 Å². The standard InChI is InChI=1S/C23H29N3O2/c27-20(17-28-23-8-4-7-22-21(23)9-12-24-22)16-25-26-13-10-19(11-14-26)15-18-5-2-1-3-6-18/h1-9,12,19-20,24-25,27H,10-11,13-17H2/t20-/m0/s1. The Bertz CT molecular complexity index is 856. The van der Waals surface area contributed by atoms with Crippen LogP contribution in [0.15, 0.2) is 60.8 Å². The Labute approximate surface area is 166 Å². The van der Waals surface area contributed by atoms with E-state index in [1.54, 1.807) is 0 Å². The van der Waals surface area contributed by atoms with Crippen LogP contribution in [0.5, 0.6) is 5.75 Å². The number of rotatable bonds is 8. The minimum atomic E-state index is -0.545. The number of aliphatic hydroxyl groups is 1. The van der Waals surface area contributed by atoms with Crippen LogP contribution in [0.4, 0.5) is 0 Å². The lowest BCUT2D eigenvalue weighted by Crippen LogP contribution is -2.47. The van der Waals surface area contributed by atoms with Gasteiger partial charge in [0.1, 0.15) is 18.5 Å². The summed E-state index contributed by atoms with van der Waals surface area (Å²) in [6, 6.07) is 18.6. The number of hydrogen-bond donors (Lipinski definition) is 3. The van der Waals surface area contributed by atoms with Gasteiger partial charge in [-0.2, -0.15) is 0 Å². The van der Waals surface area contributed by atoms with Gasteiger partial charge in [0.15, 0.2) is 0 Å². The van der Waals surface area contributed by atoms with Crippen molar-refractivity contribution in [3.05, 3.63) is 66.4 Å². The fraction of sp³-hybridized carbons (Fsp3) is 0.391. The molecule has 3 aromatic rings. The van der Waals surface area contributed by atoms with Crippen molar-refractivity contribution < 1.29 is 9.84 Å². The molecule has 28 heavy (non-hydrogen) atoms. The van der Waals surface area contributed by atoms with Crippen molar-refractivity contribution in [3.63, 3.8) is 0 Å². The number of H-pyrrole nitrogens is 1. The number of benzene rings is 2. The van der Waals surface area contributed by atoms with Crippen LogP contribution >= 0.6 is 0 Å². The fourth-order valence-electron chi connectivity index (χ4n) is 3.90. The molecule has 5 nitrogen and oxygen atoms in total. The molecule has 2 heterocycles. The summed E-state index contributed by atoms with van der Waals surface area (Å²) < 4.78 is 5.83. The Hall–Kier alpha value is -2.34. The number of aromatic amines is 1. The molecule has 0 amide bonds. The Kier molecular flexibility index (Phi) is 6.27. The summed E-state index contributed by atoms with van der Waals surface area (Å²) in [5.41, 5.74) is 5.85. The van der Waals surface area contributed by atoms with Crippen molar-refractivity contribution in [2.45, 2.75) is 25.4 Å². The molecule has 1 aliphatic rings. The van der Waals surface area contributed by atoms with Gasteiger partial charge in [-0.05, 0) is 48.9 Å². The predicted octanol–water partition coefficient (Wildman–Crippen LogP) is 3.37. The molecule has 1 atom stereocenters. The summed E-state index contributed by atoms with van der Waals surface area (Å²) in [6.07, 6.45) is 4.89. The third kappa shape index (κ3) is 4.93. The van der Waals surface area contributed by atoms with Crippen LogP contribution in [-0.2, 0) is 6.42 Å². The fourth-order valence-corrected chi connectivity index (χ4v) is 3.90. The molecule has 0 saturated carbocycles. The van der Waals surface area contributed by atoms with Crippen molar-refractivity contribution in [1.82, 2.24) is 15.4 Å². The average molecular weight is 380 g/mol. The minimum Gasteiger partial charge on any atom is -0.490 e. The number of piperidine rings is 1. The monoisotopic (exact) mass is 379 g/mol. The number of nitrogens with one attached hydrogen (secondary N) is 2. The first-order valence-corrected chi connectivity index (χ1v) is 10.2. The lowest BCUT2D eigenvalue weighted by atomic mass is 9.91. The molecule has 0 radical (unpaired) electrons. The Balaban J connectivity index is 1.16. The molecule has 0 aliphatic carbocycles. The molecular formula is C23H29N3O2. The van der Waals surface area contributed by atoms with E-state index in [9.17, 15) is 5.11 Å². The zero-order valence-corrected chi connectivity index (χ0v) is 16.2. The van der Waals surface area contributed by atoms with E-state index < -0.39 is 6.10 Å². The first kappa shape index (κ1) is 19.0. The number of aromatic nitrogens is 1. The lowest BCUT2D eigenvalue weighted by molar-refractivity contribution is 0.0610. The van der Waals surface area contributed by atoms with E-state index in [2.05, 4.69) is 45.8 Å². The Morgan fingerprint density at radius 2 is 1.89 bits per heavy atom. The molecule has 5 heteroatoms. The topological polar surface area (TPSA) is 60.5 Å². The number of nitrogens with zero attached hydrogens (tertiary/aromatic N) is 1. The molecule has 148 valence electrons. The molecule has 0 spiro atoms. The van der Waals surface area contributed by atoms with Crippen LogP contribution in [0, 0.1) is 5.92 Å². The van der Waals surface area contributed by atoms with E-state index >= 15 is 0 Å². The maximum absolute atomic E-state index is 10.3. The summed E-state index contributed by atoms with van der Waals surface area (Å²) in [5, 5.41) is 13.6. The highest BCUT2D eigenvalue weighted by Crippen LogP contribution is 2.24. The van der Waals surface area contributed by atoms with Gasteiger partial charge >= 0.3 is 0 Å². The maximum Gasteiger partial charge on any atom is 0.128 e. The molecule has 1 aliphatic heterocycles. The smallest absolute Gasteiger partial charge is 0.128 e. The summed E-state index contributed by atoms with van der Waals surface area (Å²) in [4.78, 5) is 3.17. The van der Waals surface area contributed by atoms with Gasteiger partial charge in [0.05, 0.1) is 0 Å². The highest BCUT2D eigenvalue weighted by atomic mass is 16.5. The maximum atomic E-state index is 10.3. The van der Waals surface area contributed by atoms with E-state index in [0.717, 1.165) is 42.1 Å². The minimum absolute atomic E-state index is 0.280. The largest absolute Gasteiger partial charge is 0.490 e. The SMILES string of the molecule is O[C@@H](CNN1CCC(Cc2ccccc2)CC1)COc1cccc2[nH]ccc12. The highest BCUT2D eigenvalue weighted by Gasteiger charge is 2.20. The summed E-state index contributed by atoms with van der Waals surface area (Å²) in [5.74, 6) is 1.55. The van der Waals surface area contributed by atoms with Crippen LogP contribution in [0.2, 0.25) is 0 Å². The summed E-state index contributed by atoms with van der Waals surface area (Å²) >= 11 is 0. The molecular weight excluding hydrogens is 350 g/mol. The third-order valence-electron chi connectivity index (χ3n) is 5.52. The lowest BCUT2D eigenvalue weighted by Gasteiger charge is -2.33. The number of aliphatic hydroxyl groups excluding tert-OH is 1. The number of fused-ring (bicyclic) bond motifs is 1. The second-order valence-corrected chi connectivity index (χ2v) is 7.64. The highest BCUT2D eigenvalue weighted by molar-refractivity contribution is 5.85. The quantitative estimate of drug-likeness (QED) is 0.562. The van der Waals surface area contributed by atoms with Gasteiger partial charge in [0.25, 0.3) is 0 Å². The van der Waals surface area contributed by atoms with Crippen LogP contribution in [0.1, 0.15) is 18.4 Å². The molecule has 1 aromatic heterocycles. The van der Waals surface area contributed by atoms with Crippen molar-refractivity contribution in [2.75, 3.05) is 26.2 Å². The van der Waals surface area contributed by atoms with Gasteiger partial charge in [-0.25, -0.2) is 5.01 Å². The first-order valence-electron chi connectivity index (χ1n) is 10.2. The predicted molar refractivity (Wildman–Crippen MR) is 112 cm³/mol. The second kappa shape index (κ2) is 9.24. The van der Waals surface area contributed by atoms with E-state index in [1.165, 1.54) is 18.4 Å². The normalized spacial score (nSPS) is 17.0. The Morgan fingerprint density at radius 3 is 2.71 bits per heavy atom. The molecule has 3 N–H and O–H groups in total. The van der Waals surface area contributed by atoms with Gasteiger partial charge in [0, 0.05) is 36.7 Å². The first-order chi connectivity index (χ1) is 13.8. The van der Waals surface area contributed by atoms with Gasteiger partial charge in [-0.15, -0.1) is 0 Å². The van der Waals surface area contributed by atoms with Gasteiger partial charge in [0.2, 0.25) is 0 Å². The third-order valence-corrected chi connectivity index (χ3v) is 5.52. The molecule has 0 unspecified atom stereocenters. The molecule has 4 rings (SSSR count). The molecule has 1 fully saturated rings. The second-order valence-electron chi connectivity index (χ2n) is 7.64.